The van der Waals surface area contributed by atoms with Crippen molar-refractivity contribution in [1.29, 1.82) is 0 Å². The highest BCUT2D eigenvalue weighted by Crippen LogP contribution is 2.47. The summed E-state index contributed by atoms with van der Waals surface area (Å²) in [6, 6.07) is 6.97. The molecule has 0 saturated heterocycles. The summed E-state index contributed by atoms with van der Waals surface area (Å²) in [7, 11) is 0. The van der Waals surface area contributed by atoms with Gasteiger partial charge in [-0.3, -0.25) is 25.7 Å². The van der Waals surface area contributed by atoms with Crippen LogP contribution in [0.5, 0.6) is 0 Å². The summed E-state index contributed by atoms with van der Waals surface area (Å²) >= 11 is 0. The van der Waals surface area contributed by atoms with Gasteiger partial charge in [0.25, 0.3) is 5.69 Å². The van der Waals surface area contributed by atoms with E-state index in [-0.39, 0.29) is 11.4 Å². The lowest BCUT2D eigenvalue weighted by Crippen LogP contribution is -1.98. The second kappa shape index (κ2) is 6.11. The second-order valence-corrected chi connectivity index (χ2v) is 5.65. The van der Waals surface area contributed by atoms with Crippen molar-refractivity contribution in [2.75, 3.05) is 5.43 Å². The Morgan fingerprint density at radius 1 is 1.25 bits per heavy atom. The van der Waals surface area contributed by atoms with Crippen molar-refractivity contribution in [1.82, 2.24) is 0 Å². The van der Waals surface area contributed by atoms with Gasteiger partial charge in [0.2, 0.25) is 0 Å². The minimum atomic E-state index is -0.704. The van der Waals surface area contributed by atoms with Gasteiger partial charge in [0, 0.05) is 12.0 Å². The van der Waals surface area contributed by atoms with Crippen molar-refractivity contribution in [2.45, 2.75) is 19.3 Å². The smallest absolute Gasteiger partial charge is 0.301 e. The molecule has 124 valence electrons. The van der Waals surface area contributed by atoms with Crippen molar-refractivity contribution < 1.29 is 14.3 Å². The van der Waals surface area contributed by atoms with Crippen LogP contribution in [0.15, 0.2) is 39.9 Å². The molecule has 0 unspecified atom stereocenters. The van der Waals surface area contributed by atoms with Gasteiger partial charge in [-0.25, -0.2) is 0 Å². The van der Waals surface area contributed by atoms with Gasteiger partial charge in [-0.1, -0.05) is 6.92 Å². The Morgan fingerprint density at radius 2 is 2.00 bits per heavy atom. The number of hydrogen-bond donors (Lipinski definition) is 1. The fourth-order valence-corrected chi connectivity index (χ4v) is 2.40. The first kappa shape index (κ1) is 15.7. The van der Waals surface area contributed by atoms with E-state index in [4.69, 9.17) is 4.42 Å². The van der Waals surface area contributed by atoms with Crippen LogP contribution in [0.1, 0.15) is 30.8 Å². The van der Waals surface area contributed by atoms with Gasteiger partial charge in [-0.15, -0.1) is 0 Å². The lowest BCUT2D eigenvalue weighted by molar-refractivity contribution is -0.393. The topological polar surface area (TPSA) is 124 Å². The molecule has 1 aliphatic carbocycles. The van der Waals surface area contributed by atoms with E-state index in [0.717, 1.165) is 18.2 Å². The second-order valence-electron chi connectivity index (χ2n) is 5.65. The fourth-order valence-electron chi connectivity index (χ4n) is 2.40. The number of hydrazone groups is 1. The van der Waals surface area contributed by atoms with Crippen LogP contribution in [0.4, 0.5) is 17.1 Å². The van der Waals surface area contributed by atoms with Crippen molar-refractivity contribution in [3.63, 3.8) is 0 Å². The Kier molecular flexibility index (Phi) is 3.98. The molecule has 9 heteroatoms. The molecule has 2 atom stereocenters. The van der Waals surface area contributed by atoms with E-state index in [2.05, 4.69) is 17.5 Å². The van der Waals surface area contributed by atoms with Crippen LogP contribution in [0, 0.1) is 26.1 Å². The summed E-state index contributed by atoms with van der Waals surface area (Å²) in [5, 5.41) is 25.6. The molecule has 1 aromatic carbocycles. The van der Waals surface area contributed by atoms with Crippen molar-refractivity contribution in [3.05, 3.63) is 62.1 Å². The van der Waals surface area contributed by atoms with Crippen molar-refractivity contribution in [3.8, 4) is 0 Å². The lowest BCUT2D eigenvalue weighted by Gasteiger charge is -2.01. The number of rotatable bonds is 6. The third-order valence-electron chi connectivity index (χ3n) is 3.89. The molecule has 1 saturated carbocycles. The molecule has 0 radical (unpaired) electrons. The Hall–Kier alpha value is -3.23. The Morgan fingerprint density at radius 3 is 2.62 bits per heavy atom. The summed E-state index contributed by atoms with van der Waals surface area (Å²) in [5.74, 6) is 2.52. The van der Waals surface area contributed by atoms with E-state index in [1.54, 1.807) is 6.07 Å². The average molecular weight is 330 g/mol. The molecule has 0 spiro atoms. The highest BCUT2D eigenvalue weighted by atomic mass is 16.6. The van der Waals surface area contributed by atoms with Crippen LogP contribution in [0.3, 0.4) is 0 Å². The molecule has 1 N–H and O–H groups in total. The third kappa shape index (κ3) is 3.24. The van der Waals surface area contributed by atoms with E-state index in [1.165, 1.54) is 18.3 Å². The van der Waals surface area contributed by atoms with Gasteiger partial charge < -0.3 is 4.42 Å². The molecule has 1 aromatic heterocycles. The Labute approximate surface area is 136 Å². The summed E-state index contributed by atoms with van der Waals surface area (Å²) in [6.07, 6.45) is 2.51. The molecule has 9 nitrogen and oxygen atoms in total. The Balaban J connectivity index is 1.72. The number of benzene rings is 1. The number of hydrogen-bond acceptors (Lipinski definition) is 7. The van der Waals surface area contributed by atoms with Gasteiger partial charge in [-0.2, -0.15) is 5.10 Å². The first-order chi connectivity index (χ1) is 11.5. The maximum atomic E-state index is 11.0. The Bertz CT molecular complexity index is 829. The monoisotopic (exact) mass is 330 g/mol. The van der Waals surface area contributed by atoms with Gasteiger partial charge in [0.05, 0.1) is 22.1 Å². The zero-order valence-electron chi connectivity index (χ0n) is 12.7. The molecule has 1 heterocycles. The highest BCUT2D eigenvalue weighted by Gasteiger charge is 2.36. The van der Waals surface area contributed by atoms with Crippen LogP contribution >= 0.6 is 0 Å². The quantitative estimate of drug-likeness (QED) is 0.489. The van der Waals surface area contributed by atoms with E-state index in [0.29, 0.717) is 17.6 Å². The number of furan rings is 1. The number of anilines is 1. The van der Waals surface area contributed by atoms with Crippen LogP contribution in [0.2, 0.25) is 0 Å². The number of nitrogens with zero attached hydrogens (tertiary/aromatic N) is 3. The van der Waals surface area contributed by atoms with Crippen molar-refractivity contribution in [2.24, 2.45) is 11.0 Å². The molecular formula is C15H14N4O5. The van der Waals surface area contributed by atoms with Gasteiger partial charge in [-0.05, 0) is 30.5 Å². The summed E-state index contributed by atoms with van der Waals surface area (Å²) < 4.78 is 5.63. The summed E-state index contributed by atoms with van der Waals surface area (Å²) in [4.78, 5) is 20.3. The molecule has 24 heavy (non-hydrogen) atoms. The molecule has 0 amide bonds. The van der Waals surface area contributed by atoms with Crippen molar-refractivity contribution >= 4 is 23.3 Å². The summed E-state index contributed by atoms with van der Waals surface area (Å²) in [5.41, 5.74) is 1.80. The van der Waals surface area contributed by atoms with Crippen LogP contribution in [-0.4, -0.2) is 16.1 Å². The molecule has 0 bridgehead atoms. The standard InChI is InChI=1S/C15H14N4O5/c1-9-6-12(9)15-5-3-11(24-15)8-16-17-13-4-2-10(18(20)21)7-14(13)19(22)23/h2-5,7-9,12,17H,6H2,1H3/b16-8-/t9-,12-/m1/s1. The van der Waals surface area contributed by atoms with Crippen LogP contribution < -0.4 is 5.43 Å². The molecule has 1 aliphatic rings. The molecule has 3 rings (SSSR count). The average Bonchev–Trinajstić information content (AvgIpc) is 3.08. The predicted molar refractivity (Wildman–Crippen MR) is 86.2 cm³/mol. The van der Waals surface area contributed by atoms with Crippen LogP contribution in [-0.2, 0) is 0 Å². The van der Waals surface area contributed by atoms with E-state index in [1.807, 2.05) is 6.07 Å². The first-order valence-corrected chi connectivity index (χ1v) is 7.27. The lowest BCUT2D eigenvalue weighted by atomic mass is 10.2. The zero-order chi connectivity index (χ0) is 17.3. The van der Waals surface area contributed by atoms with Crippen LogP contribution in [0.25, 0.3) is 0 Å². The number of nitro benzene ring substituents is 2. The minimum absolute atomic E-state index is 0.0597. The molecular weight excluding hydrogens is 316 g/mol. The molecule has 2 aromatic rings. The van der Waals surface area contributed by atoms with E-state index >= 15 is 0 Å². The minimum Gasteiger partial charge on any atom is -0.460 e. The summed E-state index contributed by atoms with van der Waals surface area (Å²) in [6.45, 7) is 2.15. The van der Waals surface area contributed by atoms with Gasteiger partial charge in [0.15, 0.2) is 0 Å². The van der Waals surface area contributed by atoms with E-state index in [9.17, 15) is 20.2 Å². The third-order valence-corrected chi connectivity index (χ3v) is 3.89. The number of non-ortho nitro benzene ring substituents is 1. The maximum Gasteiger partial charge on any atom is 0.301 e. The van der Waals surface area contributed by atoms with Gasteiger partial charge >= 0.3 is 5.69 Å². The number of nitrogens with one attached hydrogen (secondary N) is 1. The van der Waals surface area contributed by atoms with E-state index < -0.39 is 15.5 Å². The SMILES string of the molecule is C[C@@H]1C[C@H]1c1ccc(/C=N\Nc2ccc([N+](=O)[O-])cc2[N+](=O)[O-])o1. The fraction of sp³-hybridized carbons (Fsp3) is 0.267. The normalized spacial score (nSPS) is 19.4. The zero-order valence-corrected chi connectivity index (χ0v) is 12.7. The first-order valence-electron chi connectivity index (χ1n) is 7.27. The van der Waals surface area contributed by atoms with Gasteiger partial charge in [0.1, 0.15) is 17.2 Å². The molecule has 0 aliphatic heterocycles. The highest BCUT2D eigenvalue weighted by molar-refractivity contribution is 5.77. The molecule has 1 fully saturated rings. The largest absolute Gasteiger partial charge is 0.460 e. The maximum absolute atomic E-state index is 11.0. The predicted octanol–water partition coefficient (Wildman–Crippen LogP) is 3.67. The number of nitro groups is 2.